The number of nitrogens with one attached hydrogen (secondary N) is 1. The molecule has 4 heteroatoms. The van der Waals surface area contributed by atoms with Gasteiger partial charge in [-0.3, -0.25) is 4.68 Å². The predicted octanol–water partition coefficient (Wildman–Crippen LogP) is 1.96. The van der Waals surface area contributed by atoms with Crippen LogP contribution in [0.4, 0.5) is 0 Å². The second-order valence-electron chi connectivity index (χ2n) is 4.72. The minimum atomic E-state index is 0.526. The van der Waals surface area contributed by atoms with E-state index in [0.29, 0.717) is 6.04 Å². The zero-order chi connectivity index (χ0) is 12.3. The van der Waals surface area contributed by atoms with Gasteiger partial charge in [-0.15, -0.1) is 0 Å². The van der Waals surface area contributed by atoms with Gasteiger partial charge in [0.05, 0.1) is 11.7 Å². The third-order valence-electron chi connectivity index (χ3n) is 3.56. The summed E-state index contributed by atoms with van der Waals surface area (Å²) in [5, 5.41) is 8.09. The van der Waals surface area contributed by atoms with E-state index < -0.39 is 0 Å². The molecule has 4 nitrogen and oxygen atoms in total. The Morgan fingerprint density at radius 1 is 1.35 bits per heavy atom. The van der Waals surface area contributed by atoms with Gasteiger partial charge in [0.25, 0.3) is 0 Å². The third-order valence-corrected chi connectivity index (χ3v) is 3.56. The highest BCUT2D eigenvalue weighted by molar-refractivity contribution is 5.24. The van der Waals surface area contributed by atoms with Crippen molar-refractivity contribution < 1.29 is 4.74 Å². The van der Waals surface area contributed by atoms with Crippen LogP contribution in [-0.4, -0.2) is 29.5 Å². The molecule has 1 aromatic rings. The lowest BCUT2D eigenvalue weighted by atomic mass is 10.1. The highest BCUT2D eigenvalue weighted by Crippen LogP contribution is 2.24. The van der Waals surface area contributed by atoms with Crippen LogP contribution in [-0.2, 0) is 11.3 Å². The Morgan fingerprint density at radius 2 is 2.06 bits per heavy atom. The second kappa shape index (κ2) is 5.65. The van der Waals surface area contributed by atoms with Gasteiger partial charge in [0, 0.05) is 31.0 Å². The van der Waals surface area contributed by atoms with Crippen LogP contribution >= 0.6 is 0 Å². The van der Waals surface area contributed by atoms with Gasteiger partial charge in [0.1, 0.15) is 0 Å². The quantitative estimate of drug-likeness (QED) is 0.870. The van der Waals surface area contributed by atoms with Crippen molar-refractivity contribution in [1.29, 1.82) is 0 Å². The molecule has 0 aromatic carbocycles. The summed E-state index contributed by atoms with van der Waals surface area (Å²) in [7, 11) is 0. The summed E-state index contributed by atoms with van der Waals surface area (Å²) < 4.78 is 7.62. The van der Waals surface area contributed by atoms with Crippen molar-refractivity contribution in [2.24, 2.45) is 0 Å². The molecule has 1 saturated heterocycles. The number of aryl methyl sites for hydroxylation is 1. The van der Waals surface area contributed by atoms with Crippen molar-refractivity contribution >= 4 is 0 Å². The highest BCUT2D eigenvalue weighted by Gasteiger charge is 2.20. The number of rotatable bonds is 4. The fourth-order valence-electron chi connectivity index (χ4n) is 2.49. The summed E-state index contributed by atoms with van der Waals surface area (Å²) in [6, 6.07) is 0.526. The maximum absolute atomic E-state index is 5.41. The molecule has 0 radical (unpaired) electrons. The van der Waals surface area contributed by atoms with E-state index in [1.54, 1.807) is 0 Å². The summed E-state index contributed by atoms with van der Waals surface area (Å²) in [6.45, 7) is 10.1. The average Bonchev–Trinajstić information content (AvgIpc) is 2.64. The molecule has 0 atom stereocenters. The second-order valence-corrected chi connectivity index (χ2v) is 4.72. The van der Waals surface area contributed by atoms with Gasteiger partial charge in [-0.05, 0) is 33.2 Å². The topological polar surface area (TPSA) is 39.1 Å². The van der Waals surface area contributed by atoms with E-state index in [9.17, 15) is 0 Å². The molecular formula is C13H23N3O. The lowest BCUT2D eigenvalue weighted by Gasteiger charge is -2.23. The van der Waals surface area contributed by atoms with Gasteiger partial charge in [-0.25, -0.2) is 0 Å². The van der Waals surface area contributed by atoms with Crippen LogP contribution < -0.4 is 5.32 Å². The number of aromatic nitrogens is 2. The summed E-state index contributed by atoms with van der Waals surface area (Å²) in [4.78, 5) is 0. The lowest BCUT2D eigenvalue weighted by molar-refractivity contribution is 0.0656. The van der Waals surface area contributed by atoms with Crippen LogP contribution in [0.25, 0.3) is 0 Å². The fourth-order valence-corrected chi connectivity index (χ4v) is 2.49. The van der Waals surface area contributed by atoms with Crippen molar-refractivity contribution in [2.75, 3.05) is 19.8 Å². The molecule has 0 aliphatic carbocycles. The molecule has 2 rings (SSSR count). The molecule has 0 unspecified atom stereocenters. The van der Waals surface area contributed by atoms with Crippen LogP contribution in [0.5, 0.6) is 0 Å². The Morgan fingerprint density at radius 3 is 2.71 bits per heavy atom. The van der Waals surface area contributed by atoms with Gasteiger partial charge in [0.2, 0.25) is 0 Å². The summed E-state index contributed by atoms with van der Waals surface area (Å²) in [5.41, 5.74) is 3.84. The van der Waals surface area contributed by atoms with Crippen LogP contribution in [0, 0.1) is 13.8 Å². The maximum Gasteiger partial charge on any atom is 0.0641 e. The van der Waals surface area contributed by atoms with Crippen molar-refractivity contribution in [3.05, 3.63) is 17.0 Å². The summed E-state index contributed by atoms with van der Waals surface area (Å²) in [5.74, 6) is 0. The largest absolute Gasteiger partial charge is 0.381 e. The van der Waals surface area contributed by atoms with E-state index in [0.717, 1.165) is 44.8 Å². The van der Waals surface area contributed by atoms with Crippen molar-refractivity contribution in [3.8, 4) is 0 Å². The molecule has 17 heavy (non-hydrogen) atoms. The summed E-state index contributed by atoms with van der Waals surface area (Å²) in [6.07, 6.45) is 2.17. The van der Waals surface area contributed by atoms with E-state index in [-0.39, 0.29) is 0 Å². The van der Waals surface area contributed by atoms with E-state index >= 15 is 0 Å². The first kappa shape index (κ1) is 12.6. The minimum Gasteiger partial charge on any atom is -0.381 e. The maximum atomic E-state index is 5.41. The van der Waals surface area contributed by atoms with Crippen molar-refractivity contribution in [1.82, 2.24) is 15.1 Å². The molecule has 0 amide bonds. The van der Waals surface area contributed by atoms with E-state index in [1.807, 2.05) is 0 Å². The molecule has 1 aliphatic rings. The zero-order valence-corrected chi connectivity index (χ0v) is 11.1. The molecule has 1 aromatic heterocycles. The lowest BCUT2D eigenvalue weighted by Crippen LogP contribution is -2.21. The Labute approximate surface area is 103 Å². The number of nitrogens with zero attached hydrogens (tertiary/aromatic N) is 2. The van der Waals surface area contributed by atoms with Gasteiger partial charge in [-0.2, -0.15) is 5.10 Å². The van der Waals surface area contributed by atoms with Gasteiger partial charge in [0.15, 0.2) is 0 Å². The van der Waals surface area contributed by atoms with Crippen molar-refractivity contribution in [3.63, 3.8) is 0 Å². The highest BCUT2D eigenvalue weighted by atomic mass is 16.5. The first-order valence-electron chi connectivity index (χ1n) is 6.57. The molecule has 2 heterocycles. The van der Waals surface area contributed by atoms with Crippen LogP contribution in [0.3, 0.4) is 0 Å². The minimum absolute atomic E-state index is 0.526. The Bertz CT molecular complexity index is 367. The Balaban J connectivity index is 2.17. The molecular weight excluding hydrogens is 214 g/mol. The molecule has 96 valence electrons. The normalized spacial score (nSPS) is 17.6. The molecule has 0 spiro atoms. The SMILES string of the molecule is CCNCc1c(C)nn(C2CCOCC2)c1C. The smallest absolute Gasteiger partial charge is 0.0641 e. The Hall–Kier alpha value is -0.870. The number of ether oxygens (including phenoxy) is 1. The van der Waals surface area contributed by atoms with Gasteiger partial charge in [-0.1, -0.05) is 6.92 Å². The van der Waals surface area contributed by atoms with E-state index in [1.165, 1.54) is 11.3 Å². The number of hydrogen-bond acceptors (Lipinski definition) is 3. The predicted molar refractivity (Wildman–Crippen MR) is 68.2 cm³/mol. The standard InChI is InChI=1S/C13H23N3O/c1-4-14-9-13-10(2)15-16(11(13)3)12-5-7-17-8-6-12/h12,14H,4-9H2,1-3H3. The van der Waals surface area contributed by atoms with E-state index in [4.69, 9.17) is 9.84 Å². The van der Waals surface area contributed by atoms with Crippen LogP contribution in [0.15, 0.2) is 0 Å². The number of hydrogen-bond donors (Lipinski definition) is 1. The van der Waals surface area contributed by atoms with Crippen LogP contribution in [0.1, 0.15) is 42.8 Å². The van der Waals surface area contributed by atoms with Crippen LogP contribution in [0.2, 0.25) is 0 Å². The fraction of sp³-hybridized carbons (Fsp3) is 0.769. The van der Waals surface area contributed by atoms with Gasteiger partial charge >= 0.3 is 0 Å². The van der Waals surface area contributed by atoms with Gasteiger partial charge < -0.3 is 10.1 Å². The monoisotopic (exact) mass is 237 g/mol. The average molecular weight is 237 g/mol. The molecule has 0 saturated carbocycles. The van der Waals surface area contributed by atoms with E-state index in [2.05, 4.69) is 30.8 Å². The van der Waals surface area contributed by atoms with Crippen molar-refractivity contribution in [2.45, 2.75) is 46.2 Å². The molecule has 1 aliphatic heterocycles. The third kappa shape index (κ3) is 2.69. The first-order chi connectivity index (χ1) is 8.24. The Kier molecular flexibility index (Phi) is 4.18. The molecule has 1 fully saturated rings. The molecule has 1 N–H and O–H groups in total. The first-order valence-corrected chi connectivity index (χ1v) is 6.57. The zero-order valence-electron chi connectivity index (χ0n) is 11.1. The molecule has 0 bridgehead atoms. The summed E-state index contributed by atoms with van der Waals surface area (Å²) >= 11 is 0.